The molecule has 4 rings (SSSR count). The van der Waals surface area contributed by atoms with Crippen molar-refractivity contribution in [3.05, 3.63) is 41.6 Å². The monoisotopic (exact) mass is 399 g/mol. The lowest BCUT2D eigenvalue weighted by molar-refractivity contribution is -0.133. The Kier molecular flexibility index (Phi) is 4.89. The van der Waals surface area contributed by atoms with Crippen molar-refractivity contribution < 1.29 is 18.8 Å². The summed E-state index contributed by atoms with van der Waals surface area (Å²) in [5.74, 6) is -0.312. The standard InChI is InChI=1S/C20H25N5O4/c1-20(19(28)22-13-6-3-4-7-13)12-25-16(18(27)24(20)2)10-15(23-25)17(26)21-11-14-8-5-9-29-14/h5,8-10,13H,3-4,6-7,11-12H2,1-2H3,(H,21,26)(H,22,28). The van der Waals surface area contributed by atoms with Crippen LogP contribution in [0.25, 0.3) is 0 Å². The molecule has 1 aliphatic heterocycles. The van der Waals surface area contributed by atoms with Gasteiger partial charge in [0.25, 0.3) is 11.8 Å². The van der Waals surface area contributed by atoms with E-state index in [2.05, 4.69) is 15.7 Å². The van der Waals surface area contributed by atoms with Gasteiger partial charge < -0.3 is 20.0 Å². The minimum Gasteiger partial charge on any atom is -0.467 e. The van der Waals surface area contributed by atoms with Gasteiger partial charge in [-0.1, -0.05) is 12.8 Å². The maximum Gasteiger partial charge on any atom is 0.272 e. The maximum atomic E-state index is 13.0. The number of hydrogen-bond donors (Lipinski definition) is 2. The fraction of sp³-hybridized carbons (Fsp3) is 0.500. The molecule has 3 heterocycles. The maximum absolute atomic E-state index is 13.0. The van der Waals surface area contributed by atoms with E-state index in [-0.39, 0.29) is 36.6 Å². The Morgan fingerprint density at radius 2 is 2.10 bits per heavy atom. The fourth-order valence-corrected chi connectivity index (χ4v) is 3.92. The summed E-state index contributed by atoms with van der Waals surface area (Å²) in [6, 6.07) is 5.11. The van der Waals surface area contributed by atoms with Crippen molar-refractivity contribution >= 4 is 17.7 Å². The van der Waals surface area contributed by atoms with Gasteiger partial charge in [0, 0.05) is 19.2 Å². The number of carbonyl (C=O) groups is 3. The van der Waals surface area contributed by atoms with Crippen LogP contribution < -0.4 is 10.6 Å². The summed E-state index contributed by atoms with van der Waals surface area (Å²) in [7, 11) is 1.61. The van der Waals surface area contributed by atoms with E-state index in [9.17, 15) is 14.4 Å². The van der Waals surface area contributed by atoms with Crippen molar-refractivity contribution in [2.24, 2.45) is 0 Å². The fourth-order valence-electron chi connectivity index (χ4n) is 3.92. The molecule has 9 heteroatoms. The van der Waals surface area contributed by atoms with Gasteiger partial charge in [0.1, 0.15) is 17.0 Å². The highest BCUT2D eigenvalue weighted by molar-refractivity contribution is 6.01. The van der Waals surface area contributed by atoms with Gasteiger partial charge in [0.2, 0.25) is 5.91 Å². The number of fused-ring (bicyclic) bond motifs is 1. The zero-order valence-corrected chi connectivity index (χ0v) is 16.6. The summed E-state index contributed by atoms with van der Waals surface area (Å²) in [5.41, 5.74) is -0.642. The van der Waals surface area contributed by atoms with Gasteiger partial charge >= 0.3 is 0 Å². The summed E-state index contributed by atoms with van der Waals surface area (Å²) in [6.45, 7) is 2.15. The van der Waals surface area contributed by atoms with Crippen molar-refractivity contribution in [2.45, 2.75) is 57.3 Å². The van der Waals surface area contributed by atoms with Crippen LogP contribution in [-0.4, -0.2) is 51.0 Å². The molecule has 29 heavy (non-hydrogen) atoms. The highest BCUT2D eigenvalue weighted by Gasteiger charge is 2.46. The molecule has 0 spiro atoms. The van der Waals surface area contributed by atoms with Crippen molar-refractivity contribution in [1.82, 2.24) is 25.3 Å². The Hall–Kier alpha value is -3.10. The molecule has 2 aliphatic rings. The summed E-state index contributed by atoms with van der Waals surface area (Å²) < 4.78 is 6.65. The Balaban J connectivity index is 1.51. The third kappa shape index (κ3) is 3.52. The molecular formula is C20H25N5O4. The van der Waals surface area contributed by atoms with Gasteiger partial charge in [-0.3, -0.25) is 19.1 Å². The Labute approximate surface area is 168 Å². The average Bonchev–Trinajstić information content (AvgIpc) is 3.45. The highest BCUT2D eigenvalue weighted by Crippen LogP contribution is 2.27. The first-order valence-electron chi connectivity index (χ1n) is 9.86. The lowest BCUT2D eigenvalue weighted by Crippen LogP contribution is -2.63. The van der Waals surface area contributed by atoms with Gasteiger partial charge in [-0.15, -0.1) is 0 Å². The minimum absolute atomic E-state index is 0.133. The van der Waals surface area contributed by atoms with Crippen LogP contribution in [0.4, 0.5) is 0 Å². The number of carbonyl (C=O) groups excluding carboxylic acids is 3. The first-order chi connectivity index (χ1) is 13.9. The van der Waals surface area contributed by atoms with Crippen molar-refractivity contribution in [3.63, 3.8) is 0 Å². The second kappa shape index (κ2) is 7.38. The van der Waals surface area contributed by atoms with Crippen LogP contribution in [-0.2, 0) is 17.9 Å². The van der Waals surface area contributed by atoms with Crippen molar-refractivity contribution in [2.75, 3.05) is 7.05 Å². The molecule has 2 N–H and O–H groups in total. The van der Waals surface area contributed by atoms with Gasteiger partial charge in [0.15, 0.2) is 5.69 Å². The average molecular weight is 399 g/mol. The summed E-state index contributed by atoms with van der Waals surface area (Å²) in [5, 5.41) is 10.1. The van der Waals surface area contributed by atoms with Gasteiger partial charge in [0.05, 0.1) is 19.4 Å². The second-order valence-corrected chi connectivity index (χ2v) is 7.93. The number of aromatic nitrogens is 2. The number of likely N-dealkylation sites (N-methyl/N-ethyl adjacent to an activating group) is 1. The lowest BCUT2D eigenvalue weighted by atomic mass is 9.95. The smallest absolute Gasteiger partial charge is 0.272 e. The molecule has 2 aromatic heterocycles. The predicted molar refractivity (Wildman–Crippen MR) is 103 cm³/mol. The first-order valence-corrected chi connectivity index (χ1v) is 9.86. The number of nitrogens with zero attached hydrogens (tertiary/aromatic N) is 3. The van der Waals surface area contributed by atoms with Crippen LogP contribution >= 0.6 is 0 Å². The second-order valence-electron chi connectivity index (χ2n) is 7.93. The van der Waals surface area contributed by atoms with Crippen LogP contribution in [0.5, 0.6) is 0 Å². The minimum atomic E-state index is -1.07. The third-order valence-corrected chi connectivity index (χ3v) is 5.92. The Morgan fingerprint density at radius 1 is 1.34 bits per heavy atom. The van der Waals surface area contributed by atoms with E-state index in [1.807, 2.05) is 0 Å². The largest absolute Gasteiger partial charge is 0.467 e. The molecule has 0 saturated heterocycles. The molecule has 154 valence electrons. The molecule has 1 fully saturated rings. The molecule has 1 aliphatic carbocycles. The van der Waals surface area contributed by atoms with E-state index in [1.54, 1.807) is 26.1 Å². The number of amides is 3. The lowest BCUT2D eigenvalue weighted by Gasteiger charge is -2.41. The molecule has 0 bridgehead atoms. The van der Waals surface area contributed by atoms with Crippen LogP contribution in [0.15, 0.2) is 28.9 Å². The van der Waals surface area contributed by atoms with E-state index in [0.29, 0.717) is 11.5 Å². The molecule has 0 aromatic carbocycles. The van der Waals surface area contributed by atoms with Crippen molar-refractivity contribution in [3.8, 4) is 0 Å². The first kappa shape index (κ1) is 19.2. The third-order valence-electron chi connectivity index (χ3n) is 5.92. The SMILES string of the molecule is CN1C(=O)c2cc(C(=O)NCc3ccco3)nn2CC1(C)C(=O)NC1CCCC1. The highest BCUT2D eigenvalue weighted by atomic mass is 16.3. The van der Waals surface area contributed by atoms with Crippen LogP contribution in [0.2, 0.25) is 0 Å². The molecule has 3 amide bonds. The van der Waals surface area contributed by atoms with Crippen LogP contribution in [0.1, 0.15) is 59.3 Å². The predicted octanol–water partition coefficient (Wildman–Crippen LogP) is 1.31. The summed E-state index contributed by atoms with van der Waals surface area (Å²) >= 11 is 0. The molecule has 2 aromatic rings. The zero-order valence-electron chi connectivity index (χ0n) is 16.6. The van der Waals surface area contributed by atoms with Gasteiger partial charge in [-0.25, -0.2) is 0 Å². The topological polar surface area (TPSA) is 109 Å². The molecule has 1 atom stereocenters. The number of furan rings is 1. The number of nitrogens with one attached hydrogen (secondary N) is 2. The summed E-state index contributed by atoms with van der Waals surface area (Å²) in [6.07, 6.45) is 5.67. The Bertz CT molecular complexity index is 929. The molecule has 0 radical (unpaired) electrons. The molecular weight excluding hydrogens is 374 g/mol. The number of rotatable bonds is 5. The molecule has 9 nitrogen and oxygen atoms in total. The van der Waals surface area contributed by atoms with Crippen LogP contribution in [0, 0.1) is 0 Å². The van der Waals surface area contributed by atoms with E-state index >= 15 is 0 Å². The van der Waals surface area contributed by atoms with E-state index in [4.69, 9.17) is 4.42 Å². The zero-order chi connectivity index (χ0) is 20.6. The van der Waals surface area contributed by atoms with Gasteiger partial charge in [-0.05, 0) is 31.9 Å². The van der Waals surface area contributed by atoms with E-state index in [1.165, 1.54) is 21.9 Å². The quantitative estimate of drug-likeness (QED) is 0.788. The molecule has 1 saturated carbocycles. The van der Waals surface area contributed by atoms with E-state index in [0.717, 1.165) is 25.7 Å². The van der Waals surface area contributed by atoms with Gasteiger partial charge in [-0.2, -0.15) is 5.10 Å². The summed E-state index contributed by atoms with van der Waals surface area (Å²) in [4.78, 5) is 39.8. The normalized spacial score (nSPS) is 21.9. The number of hydrogen-bond acceptors (Lipinski definition) is 5. The van der Waals surface area contributed by atoms with E-state index < -0.39 is 11.4 Å². The molecule has 1 unspecified atom stereocenters. The van der Waals surface area contributed by atoms with Crippen molar-refractivity contribution in [1.29, 1.82) is 0 Å². The Morgan fingerprint density at radius 3 is 2.79 bits per heavy atom. The van der Waals surface area contributed by atoms with Crippen LogP contribution in [0.3, 0.4) is 0 Å².